The summed E-state index contributed by atoms with van der Waals surface area (Å²) in [5, 5.41) is 0. The fraction of sp³-hybridized carbons (Fsp3) is 0.261. The second kappa shape index (κ2) is 9.95. The van der Waals surface area contributed by atoms with Crippen molar-refractivity contribution in [2.45, 2.75) is 27.4 Å². The minimum Gasteiger partial charge on any atom is -0.486 e. The molecule has 0 unspecified atom stereocenters. The van der Waals surface area contributed by atoms with Gasteiger partial charge in [0.25, 0.3) is 0 Å². The smallest absolute Gasteiger partial charge is 0.374 e. The number of nitrogens with one attached hydrogen (secondary N) is 1. The summed E-state index contributed by atoms with van der Waals surface area (Å²) in [6.07, 6.45) is 0. The number of ketones is 1. The van der Waals surface area contributed by atoms with Crippen LogP contribution in [0.1, 0.15) is 55.3 Å². The van der Waals surface area contributed by atoms with Crippen LogP contribution in [0, 0.1) is 19.7 Å². The first-order valence-electron chi connectivity index (χ1n) is 9.83. The highest BCUT2D eigenvalue weighted by molar-refractivity contribution is 6.03. The van der Waals surface area contributed by atoms with Gasteiger partial charge in [-0.15, -0.1) is 0 Å². The molecule has 32 heavy (non-hydrogen) atoms. The second-order valence-electron chi connectivity index (χ2n) is 6.85. The Bertz CT molecular complexity index is 1130. The zero-order chi connectivity index (χ0) is 23.3. The number of carbonyl (C=O) groups is 3. The second-order valence-corrected chi connectivity index (χ2v) is 6.85. The molecule has 0 amide bonds. The summed E-state index contributed by atoms with van der Waals surface area (Å²) in [4.78, 5) is 39.6. The highest BCUT2D eigenvalue weighted by atomic mass is 19.1. The molecule has 3 rings (SSSR count). The lowest BCUT2D eigenvalue weighted by atomic mass is 10.1. The van der Waals surface area contributed by atoms with Crippen molar-refractivity contribution in [1.82, 2.24) is 4.98 Å². The molecule has 0 spiro atoms. The van der Waals surface area contributed by atoms with Crippen LogP contribution >= 0.6 is 0 Å². The summed E-state index contributed by atoms with van der Waals surface area (Å²) < 4.78 is 33.8. The van der Waals surface area contributed by atoms with E-state index < -0.39 is 24.3 Å². The molecule has 0 saturated heterocycles. The van der Waals surface area contributed by atoms with Gasteiger partial charge in [0.05, 0.1) is 17.9 Å². The van der Waals surface area contributed by atoms with Crippen molar-refractivity contribution < 1.29 is 37.4 Å². The summed E-state index contributed by atoms with van der Waals surface area (Å²) in [5.74, 6) is -1.53. The summed E-state index contributed by atoms with van der Waals surface area (Å²) in [5.41, 5.74) is 1.39. The van der Waals surface area contributed by atoms with Gasteiger partial charge in [0.15, 0.2) is 6.61 Å². The van der Waals surface area contributed by atoms with Crippen LogP contribution in [0.25, 0.3) is 0 Å². The molecule has 2 aromatic heterocycles. The minimum atomic E-state index is -0.821. The molecule has 0 radical (unpaired) electrons. The number of furan rings is 1. The van der Waals surface area contributed by atoms with Gasteiger partial charge in [-0.2, -0.15) is 0 Å². The topological polar surface area (TPSA) is 108 Å². The Hall–Kier alpha value is -3.88. The predicted molar refractivity (Wildman–Crippen MR) is 110 cm³/mol. The maximum atomic E-state index is 12.9. The third kappa shape index (κ3) is 5.23. The van der Waals surface area contributed by atoms with E-state index in [0.717, 1.165) is 0 Å². The van der Waals surface area contributed by atoms with E-state index in [4.69, 9.17) is 18.6 Å². The molecule has 3 aromatic rings. The fourth-order valence-corrected chi connectivity index (χ4v) is 3.06. The maximum absolute atomic E-state index is 12.9. The predicted octanol–water partition coefficient (Wildman–Crippen LogP) is 4.16. The lowest BCUT2D eigenvalue weighted by Crippen LogP contribution is -2.15. The number of benzene rings is 1. The maximum Gasteiger partial charge on any atom is 0.374 e. The van der Waals surface area contributed by atoms with Crippen LogP contribution in [0.2, 0.25) is 0 Å². The van der Waals surface area contributed by atoms with Gasteiger partial charge in [0, 0.05) is 5.69 Å². The van der Waals surface area contributed by atoms with Crippen LogP contribution in [0.4, 0.5) is 4.39 Å². The molecule has 0 aliphatic carbocycles. The van der Waals surface area contributed by atoms with E-state index >= 15 is 0 Å². The first-order valence-corrected chi connectivity index (χ1v) is 9.83. The molecule has 0 saturated carbocycles. The number of rotatable bonds is 9. The number of halogens is 1. The average Bonchev–Trinajstić information content (AvgIpc) is 3.36. The highest BCUT2D eigenvalue weighted by Gasteiger charge is 2.24. The Kier molecular flexibility index (Phi) is 7.09. The highest BCUT2D eigenvalue weighted by Crippen LogP contribution is 2.20. The van der Waals surface area contributed by atoms with E-state index in [1.807, 2.05) is 0 Å². The van der Waals surface area contributed by atoms with E-state index in [-0.39, 0.29) is 30.5 Å². The summed E-state index contributed by atoms with van der Waals surface area (Å²) in [7, 11) is 0. The van der Waals surface area contributed by atoms with Crippen molar-refractivity contribution in [3.05, 3.63) is 76.3 Å². The Labute approximate surface area is 183 Å². The molecule has 0 aliphatic rings. The van der Waals surface area contributed by atoms with Crippen molar-refractivity contribution in [3.63, 3.8) is 0 Å². The lowest BCUT2D eigenvalue weighted by Gasteiger charge is -2.04. The van der Waals surface area contributed by atoms with E-state index in [0.29, 0.717) is 28.3 Å². The number of esters is 2. The molecule has 9 heteroatoms. The third-order valence-corrected chi connectivity index (χ3v) is 4.59. The summed E-state index contributed by atoms with van der Waals surface area (Å²) >= 11 is 0. The summed E-state index contributed by atoms with van der Waals surface area (Å²) in [6, 6.07) is 8.40. The number of carbonyl (C=O) groups excluding carboxylic acids is 3. The number of Topliss-reactive ketones (excluding diaryl/α,β-unsaturated/α-hetero) is 1. The van der Waals surface area contributed by atoms with Gasteiger partial charge in [-0.25, -0.2) is 14.0 Å². The van der Waals surface area contributed by atoms with Gasteiger partial charge in [-0.3, -0.25) is 4.79 Å². The molecular weight excluding hydrogens is 421 g/mol. The van der Waals surface area contributed by atoms with Gasteiger partial charge in [-0.1, -0.05) is 0 Å². The van der Waals surface area contributed by atoms with Gasteiger partial charge in [-0.05, 0) is 62.7 Å². The summed E-state index contributed by atoms with van der Waals surface area (Å²) in [6.45, 7) is 4.66. The van der Waals surface area contributed by atoms with Crippen LogP contribution < -0.4 is 4.74 Å². The molecule has 168 valence electrons. The Morgan fingerprint density at radius 3 is 2.41 bits per heavy atom. The van der Waals surface area contributed by atoms with Gasteiger partial charge in [0.2, 0.25) is 11.5 Å². The average molecular weight is 443 g/mol. The number of hydrogen-bond donors (Lipinski definition) is 1. The van der Waals surface area contributed by atoms with Gasteiger partial charge >= 0.3 is 11.9 Å². The van der Waals surface area contributed by atoms with E-state index in [1.54, 1.807) is 20.8 Å². The number of aromatic amines is 1. The standard InChI is InChI=1S/C23H22FNO7/c1-4-29-23(28)20-13(2)21(25-14(20)3)18(26)12-31-22(27)19-10-9-17(32-19)11-30-16-7-5-15(24)6-8-16/h5-10,25H,4,11-12H2,1-3H3. The van der Waals surface area contributed by atoms with Crippen molar-refractivity contribution in [2.24, 2.45) is 0 Å². The Morgan fingerprint density at radius 2 is 1.72 bits per heavy atom. The zero-order valence-electron chi connectivity index (χ0n) is 17.8. The Balaban J connectivity index is 1.57. The van der Waals surface area contributed by atoms with Crippen molar-refractivity contribution >= 4 is 17.7 Å². The molecular formula is C23H22FNO7. The zero-order valence-corrected chi connectivity index (χ0v) is 17.8. The first kappa shape index (κ1) is 22.8. The van der Waals surface area contributed by atoms with E-state index in [1.165, 1.54) is 36.4 Å². The number of aryl methyl sites for hydroxylation is 1. The molecule has 0 bridgehead atoms. The molecule has 1 aromatic carbocycles. The molecule has 0 fully saturated rings. The number of aromatic nitrogens is 1. The number of hydrogen-bond acceptors (Lipinski definition) is 7. The SMILES string of the molecule is CCOC(=O)c1c(C)[nH]c(C(=O)COC(=O)c2ccc(COc3ccc(F)cc3)o2)c1C. The molecule has 8 nitrogen and oxygen atoms in total. The van der Waals surface area contributed by atoms with E-state index in [2.05, 4.69) is 4.98 Å². The number of ether oxygens (including phenoxy) is 3. The Morgan fingerprint density at radius 1 is 1.00 bits per heavy atom. The van der Waals surface area contributed by atoms with Crippen LogP contribution in [-0.2, 0) is 16.1 Å². The number of H-pyrrole nitrogens is 1. The normalized spacial score (nSPS) is 10.6. The van der Waals surface area contributed by atoms with Gasteiger partial charge in [0.1, 0.15) is 23.9 Å². The minimum absolute atomic E-state index is 0.0232. The lowest BCUT2D eigenvalue weighted by molar-refractivity contribution is 0.0438. The quantitative estimate of drug-likeness (QED) is 0.391. The first-order chi connectivity index (χ1) is 15.3. The monoisotopic (exact) mass is 443 g/mol. The molecule has 0 atom stereocenters. The van der Waals surface area contributed by atoms with Crippen molar-refractivity contribution in [3.8, 4) is 5.75 Å². The molecule has 0 aliphatic heterocycles. The fourth-order valence-electron chi connectivity index (χ4n) is 3.06. The van der Waals surface area contributed by atoms with Crippen LogP contribution in [0.5, 0.6) is 5.75 Å². The van der Waals surface area contributed by atoms with Crippen LogP contribution in [-0.4, -0.2) is 35.9 Å². The van der Waals surface area contributed by atoms with Gasteiger partial charge < -0.3 is 23.6 Å². The molecule has 1 N–H and O–H groups in total. The van der Waals surface area contributed by atoms with Crippen molar-refractivity contribution in [1.29, 1.82) is 0 Å². The molecule has 2 heterocycles. The van der Waals surface area contributed by atoms with Crippen molar-refractivity contribution in [2.75, 3.05) is 13.2 Å². The van der Waals surface area contributed by atoms with Crippen LogP contribution in [0.3, 0.4) is 0 Å². The largest absolute Gasteiger partial charge is 0.486 e. The van der Waals surface area contributed by atoms with Crippen LogP contribution in [0.15, 0.2) is 40.8 Å². The third-order valence-electron chi connectivity index (χ3n) is 4.59. The van der Waals surface area contributed by atoms with E-state index in [9.17, 15) is 18.8 Å².